The van der Waals surface area contributed by atoms with Gasteiger partial charge in [-0.3, -0.25) is 4.79 Å². The van der Waals surface area contributed by atoms with Gasteiger partial charge in [-0.25, -0.2) is 9.97 Å². The summed E-state index contributed by atoms with van der Waals surface area (Å²) < 4.78 is 5.74. The summed E-state index contributed by atoms with van der Waals surface area (Å²) in [5, 5.41) is 3.25. The summed E-state index contributed by atoms with van der Waals surface area (Å²) >= 11 is 0. The molecule has 1 aromatic rings. The second-order valence-corrected chi connectivity index (χ2v) is 8.04. The molecular weight excluding hydrogens is 316 g/mol. The van der Waals surface area contributed by atoms with Crippen LogP contribution in [-0.4, -0.2) is 47.2 Å². The highest BCUT2D eigenvalue weighted by atomic mass is 16.5. The Balaban J connectivity index is 1.61. The molecule has 0 spiro atoms. The van der Waals surface area contributed by atoms with Crippen LogP contribution in [0.1, 0.15) is 50.9 Å². The van der Waals surface area contributed by atoms with Gasteiger partial charge in [0.1, 0.15) is 0 Å². The Bertz CT molecular complexity index is 612. The first kappa shape index (κ1) is 18.1. The summed E-state index contributed by atoms with van der Waals surface area (Å²) in [6.45, 7) is 10.5. The summed E-state index contributed by atoms with van der Waals surface area (Å²) in [6, 6.07) is 2.19. The van der Waals surface area contributed by atoms with Gasteiger partial charge in [0.2, 0.25) is 11.9 Å². The number of nitrogens with one attached hydrogen (secondary N) is 1. The van der Waals surface area contributed by atoms with Gasteiger partial charge in [0.15, 0.2) is 0 Å². The number of piperidine rings is 1. The molecule has 2 saturated heterocycles. The Morgan fingerprint density at radius 1 is 1.28 bits per heavy atom. The Kier molecular flexibility index (Phi) is 5.27. The molecule has 1 amide bonds. The SMILES string of the molecule is Cc1cc(C)nc(N2CCC[C@@H](C(=O)N[C@H]3CCOC(C)(C)C3)C2)n1. The van der Waals surface area contributed by atoms with Crippen molar-refractivity contribution in [2.45, 2.75) is 65.0 Å². The van der Waals surface area contributed by atoms with Crippen molar-refractivity contribution < 1.29 is 9.53 Å². The number of anilines is 1. The van der Waals surface area contributed by atoms with Crippen LogP contribution in [0.5, 0.6) is 0 Å². The first-order chi connectivity index (χ1) is 11.8. The van der Waals surface area contributed by atoms with E-state index in [1.807, 2.05) is 19.9 Å². The van der Waals surface area contributed by atoms with Crippen molar-refractivity contribution in [3.05, 3.63) is 17.5 Å². The van der Waals surface area contributed by atoms with E-state index in [1.54, 1.807) is 0 Å². The molecule has 2 aliphatic rings. The minimum absolute atomic E-state index is 0.00382. The monoisotopic (exact) mass is 346 g/mol. The number of aromatic nitrogens is 2. The zero-order valence-electron chi connectivity index (χ0n) is 15.8. The average molecular weight is 346 g/mol. The zero-order valence-corrected chi connectivity index (χ0v) is 15.8. The van der Waals surface area contributed by atoms with Crippen molar-refractivity contribution in [3.8, 4) is 0 Å². The van der Waals surface area contributed by atoms with Gasteiger partial charge in [-0.1, -0.05) is 0 Å². The van der Waals surface area contributed by atoms with Crippen molar-refractivity contribution in [1.82, 2.24) is 15.3 Å². The average Bonchev–Trinajstić information content (AvgIpc) is 2.53. The highest BCUT2D eigenvalue weighted by Gasteiger charge is 2.33. The number of carbonyl (C=O) groups is 1. The third kappa shape index (κ3) is 4.69. The van der Waals surface area contributed by atoms with Crippen LogP contribution in [-0.2, 0) is 9.53 Å². The molecule has 6 nitrogen and oxygen atoms in total. The van der Waals surface area contributed by atoms with Gasteiger partial charge in [-0.05, 0) is 59.4 Å². The quantitative estimate of drug-likeness (QED) is 0.910. The number of amides is 1. The highest BCUT2D eigenvalue weighted by molar-refractivity contribution is 5.79. The fourth-order valence-corrected chi connectivity index (χ4v) is 3.90. The largest absolute Gasteiger partial charge is 0.375 e. The number of hydrogen-bond acceptors (Lipinski definition) is 5. The lowest BCUT2D eigenvalue weighted by Gasteiger charge is -2.37. The first-order valence-corrected chi connectivity index (χ1v) is 9.34. The van der Waals surface area contributed by atoms with Crippen LogP contribution < -0.4 is 10.2 Å². The standard InChI is InChI=1S/C19H30N4O2/c1-13-10-14(2)21-18(20-13)23-8-5-6-15(12-23)17(24)22-16-7-9-25-19(3,4)11-16/h10,15-16H,5-9,11-12H2,1-4H3,(H,22,24)/t15-,16+/m1/s1. The molecule has 1 aromatic heterocycles. The van der Waals surface area contributed by atoms with Gasteiger partial charge in [0.05, 0.1) is 11.5 Å². The van der Waals surface area contributed by atoms with E-state index in [0.717, 1.165) is 49.6 Å². The first-order valence-electron chi connectivity index (χ1n) is 9.34. The van der Waals surface area contributed by atoms with E-state index in [0.29, 0.717) is 13.2 Å². The predicted molar refractivity (Wildman–Crippen MR) is 97.6 cm³/mol. The molecule has 0 radical (unpaired) electrons. The van der Waals surface area contributed by atoms with Crippen LogP contribution in [0.25, 0.3) is 0 Å². The van der Waals surface area contributed by atoms with Gasteiger partial charge in [0, 0.05) is 37.1 Å². The smallest absolute Gasteiger partial charge is 0.225 e. The maximum absolute atomic E-state index is 12.8. The summed E-state index contributed by atoms with van der Waals surface area (Å²) in [7, 11) is 0. The Hall–Kier alpha value is -1.69. The number of ether oxygens (including phenoxy) is 1. The number of carbonyl (C=O) groups excluding carboxylic acids is 1. The van der Waals surface area contributed by atoms with Crippen molar-refractivity contribution in [2.24, 2.45) is 5.92 Å². The molecule has 2 atom stereocenters. The van der Waals surface area contributed by atoms with Crippen LogP contribution in [0.3, 0.4) is 0 Å². The summed E-state index contributed by atoms with van der Waals surface area (Å²) in [5.41, 5.74) is 1.79. The van der Waals surface area contributed by atoms with Gasteiger partial charge >= 0.3 is 0 Å². The van der Waals surface area contributed by atoms with Crippen LogP contribution in [0.15, 0.2) is 6.07 Å². The second-order valence-electron chi connectivity index (χ2n) is 8.04. The molecule has 6 heteroatoms. The number of nitrogens with zero attached hydrogens (tertiary/aromatic N) is 3. The van der Waals surface area contributed by atoms with E-state index in [1.165, 1.54) is 0 Å². The highest BCUT2D eigenvalue weighted by Crippen LogP contribution is 2.25. The topological polar surface area (TPSA) is 67.4 Å². The number of rotatable bonds is 3. The normalized spacial score (nSPS) is 26.3. The molecule has 0 saturated carbocycles. The van der Waals surface area contributed by atoms with Crippen LogP contribution >= 0.6 is 0 Å². The molecule has 138 valence electrons. The molecule has 3 heterocycles. The Morgan fingerprint density at radius 3 is 2.68 bits per heavy atom. The second kappa shape index (κ2) is 7.28. The van der Waals surface area contributed by atoms with Crippen LogP contribution in [0.4, 0.5) is 5.95 Å². The van der Waals surface area contributed by atoms with E-state index in [4.69, 9.17) is 4.74 Å². The molecule has 3 rings (SSSR count). The van der Waals surface area contributed by atoms with E-state index in [-0.39, 0.29) is 23.5 Å². The minimum atomic E-state index is -0.151. The number of aryl methyl sites for hydroxylation is 2. The lowest BCUT2D eigenvalue weighted by molar-refractivity contribution is -0.128. The molecule has 0 unspecified atom stereocenters. The van der Waals surface area contributed by atoms with Crippen LogP contribution in [0, 0.1) is 19.8 Å². The minimum Gasteiger partial charge on any atom is -0.375 e. The lowest BCUT2D eigenvalue weighted by Crippen LogP contribution is -2.50. The van der Waals surface area contributed by atoms with Gasteiger partial charge in [-0.2, -0.15) is 0 Å². The fourth-order valence-electron chi connectivity index (χ4n) is 3.90. The van der Waals surface area contributed by atoms with Gasteiger partial charge in [0.25, 0.3) is 0 Å². The molecule has 0 aromatic carbocycles. The molecule has 25 heavy (non-hydrogen) atoms. The lowest BCUT2D eigenvalue weighted by atomic mass is 9.92. The molecule has 2 aliphatic heterocycles. The van der Waals surface area contributed by atoms with Crippen molar-refractivity contribution in [3.63, 3.8) is 0 Å². The van der Waals surface area contributed by atoms with E-state index >= 15 is 0 Å². The van der Waals surface area contributed by atoms with Crippen molar-refractivity contribution >= 4 is 11.9 Å². The molecule has 0 aliphatic carbocycles. The Labute approximate surface area is 150 Å². The van der Waals surface area contributed by atoms with Crippen molar-refractivity contribution in [1.29, 1.82) is 0 Å². The maximum Gasteiger partial charge on any atom is 0.225 e. The van der Waals surface area contributed by atoms with E-state index < -0.39 is 0 Å². The molecule has 0 bridgehead atoms. The van der Waals surface area contributed by atoms with Crippen molar-refractivity contribution in [2.75, 3.05) is 24.6 Å². The molecule has 2 fully saturated rings. The van der Waals surface area contributed by atoms with Gasteiger partial charge in [-0.15, -0.1) is 0 Å². The summed E-state index contributed by atoms with van der Waals surface area (Å²) in [5.74, 6) is 0.920. The summed E-state index contributed by atoms with van der Waals surface area (Å²) in [6.07, 6.45) is 3.69. The zero-order chi connectivity index (χ0) is 18.0. The van der Waals surface area contributed by atoms with E-state index in [2.05, 4.69) is 34.0 Å². The third-order valence-electron chi connectivity index (χ3n) is 5.09. The number of hydrogen-bond donors (Lipinski definition) is 1. The fraction of sp³-hybridized carbons (Fsp3) is 0.737. The van der Waals surface area contributed by atoms with Crippen LogP contribution in [0.2, 0.25) is 0 Å². The predicted octanol–water partition coefficient (Wildman–Crippen LogP) is 2.38. The summed E-state index contributed by atoms with van der Waals surface area (Å²) in [4.78, 5) is 24.0. The molecular formula is C19H30N4O2. The molecule has 1 N–H and O–H groups in total. The maximum atomic E-state index is 12.8. The third-order valence-corrected chi connectivity index (χ3v) is 5.09. The van der Waals surface area contributed by atoms with E-state index in [9.17, 15) is 4.79 Å². The Morgan fingerprint density at radius 2 is 2.00 bits per heavy atom. The van der Waals surface area contributed by atoms with Gasteiger partial charge < -0.3 is 15.0 Å².